The van der Waals surface area contributed by atoms with E-state index in [9.17, 15) is 0 Å². The molecular weight excluding hydrogens is 167 g/mol. The van der Waals surface area contributed by atoms with Crippen molar-refractivity contribution in [3.8, 4) is 0 Å². The zero-order valence-corrected chi connectivity index (χ0v) is 9.22. The smallest absolute Gasteiger partial charge is 0.0239 e. The fraction of sp³-hybridized carbons (Fsp3) is 1.00. The molecule has 0 aliphatic heterocycles. The lowest BCUT2D eigenvalue weighted by Crippen LogP contribution is -2.22. The molecule has 2 nitrogen and oxygen atoms in total. The van der Waals surface area contributed by atoms with Crippen molar-refractivity contribution in [3.63, 3.8) is 0 Å². The fourth-order valence-corrected chi connectivity index (χ4v) is 1.90. The second kappa shape index (κ2) is 9.44. The van der Waals surface area contributed by atoms with Crippen LogP contribution in [0.4, 0.5) is 0 Å². The Morgan fingerprint density at radius 2 is 1.00 bits per heavy atom. The van der Waals surface area contributed by atoms with Gasteiger partial charge in [0.05, 0.1) is 0 Å². The molecular formula is C9H25N2P. The van der Waals surface area contributed by atoms with E-state index in [-0.39, 0.29) is 7.43 Å². The van der Waals surface area contributed by atoms with Gasteiger partial charge in [-0.15, -0.1) is 0 Å². The highest BCUT2D eigenvalue weighted by molar-refractivity contribution is 7.32. The quantitative estimate of drug-likeness (QED) is 0.597. The molecule has 3 heteroatoms. The average molecular weight is 192 g/mol. The summed E-state index contributed by atoms with van der Waals surface area (Å²) in [5.41, 5.74) is 0. The van der Waals surface area contributed by atoms with E-state index >= 15 is 0 Å². The summed E-state index contributed by atoms with van der Waals surface area (Å²) in [4.78, 5) is 0. The van der Waals surface area contributed by atoms with Gasteiger partial charge in [0.15, 0.2) is 0 Å². The van der Waals surface area contributed by atoms with Crippen LogP contribution in [0.25, 0.3) is 0 Å². The second-order valence-electron chi connectivity index (χ2n) is 2.44. The van der Waals surface area contributed by atoms with Gasteiger partial charge in [0.2, 0.25) is 0 Å². The third kappa shape index (κ3) is 5.93. The monoisotopic (exact) mass is 192 g/mol. The maximum Gasteiger partial charge on any atom is 0.0239 e. The van der Waals surface area contributed by atoms with Crippen LogP contribution < -0.4 is 0 Å². The lowest BCUT2D eigenvalue weighted by Gasteiger charge is -2.26. The molecule has 0 amide bonds. The molecule has 0 bridgehead atoms. The normalized spacial score (nSPS) is 10.5. The second-order valence-corrected chi connectivity index (χ2v) is 3.91. The molecule has 0 rings (SSSR count). The summed E-state index contributed by atoms with van der Waals surface area (Å²) in [5, 5.41) is 0. The van der Waals surface area contributed by atoms with Crippen molar-refractivity contribution in [1.29, 1.82) is 0 Å². The van der Waals surface area contributed by atoms with E-state index in [0.717, 1.165) is 8.88 Å². The van der Waals surface area contributed by atoms with Gasteiger partial charge in [-0.2, -0.15) is 0 Å². The number of rotatable bonds is 6. The molecule has 0 saturated heterocycles. The summed E-state index contributed by atoms with van der Waals surface area (Å²) < 4.78 is 4.93. The molecule has 0 aromatic heterocycles. The first-order chi connectivity index (χ1) is 5.28. The van der Waals surface area contributed by atoms with E-state index in [1.807, 2.05) is 0 Å². The number of nitrogens with zero attached hydrogens (tertiary/aromatic N) is 2. The van der Waals surface area contributed by atoms with Crippen molar-refractivity contribution >= 4 is 8.88 Å². The van der Waals surface area contributed by atoms with Gasteiger partial charge in [0, 0.05) is 35.1 Å². The first-order valence-electron chi connectivity index (χ1n) is 4.54. The van der Waals surface area contributed by atoms with E-state index in [4.69, 9.17) is 0 Å². The van der Waals surface area contributed by atoms with Crippen LogP contribution in [0.15, 0.2) is 0 Å². The van der Waals surface area contributed by atoms with Crippen molar-refractivity contribution in [1.82, 2.24) is 9.34 Å². The zero-order chi connectivity index (χ0) is 8.69. The van der Waals surface area contributed by atoms with Crippen LogP contribution in [-0.2, 0) is 0 Å². The summed E-state index contributed by atoms with van der Waals surface area (Å²) >= 11 is 0. The minimum Gasteiger partial charge on any atom is -0.273 e. The van der Waals surface area contributed by atoms with Gasteiger partial charge < -0.3 is 0 Å². The molecule has 0 heterocycles. The molecule has 12 heavy (non-hydrogen) atoms. The Hall–Kier alpha value is 0.350. The highest BCUT2D eigenvalue weighted by Gasteiger charge is 2.03. The van der Waals surface area contributed by atoms with Gasteiger partial charge in [0.25, 0.3) is 0 Å². The molecule has 0 aromatic carbocycles. The Balaban J connectivity index is 0. The van der Waals surface area contributed by atoms with Crippen molar-refractivity contribution in [2.24, 2.45) is 0 Å². The molecule has 0 aliphatic rings. The molecule has 0 N–H and O–H groups in total. The van der Waals surface area contributed by atoms with Gasteiger partial charge in [0.1, 0.15) is 0 Å². The van der Waals surface area contributed by atoms with Crippen LogP contribution in [0.2, 0.25) is 0 Å². The fourth-order valence-electron chi connectivity index (χ4n) is 0.930. The van der Waals surface area contributed by atoms with Crippen molar-refractivity contribution < 1.29 is 0 Å². The lowest BCUT2D eigenvalue weighted by molar-refractivity contribution is 0.439. The van der Waals surface area contributed by atoms with Gasteiger partial charge in [-0.3, -0.25) is 9.34 Å². The van der Waals surface area contributed by atoms with Crippen LogP contribution in [0.3, 0.4) is 0 Å². The van der Waals surface area contributed by atoms with E-state index < -0.39 is 0 Å². The van der Waals surface area contributed by atoms with Gasteiger partial charge in [-0.25, -0.2) is 0 Å². The molecule has 0 radical (unpaired) electrons. The Labute approximate surface area is 80.2 Å². The molecule has 0 aromatic rings. The summed E-state index contributed by atoms with van der Waals surface area (Å²) in [6.07, 6.45) is 0. The summed E-state index contributed by atoms with van der Waals surface area (Å²) in [6.45, 7) is 13.6. The number of hydrogen-bond acceptors (Lipinski definition) is 2. The first kappa shape index (κ1) is 14.9. The van der Waals surface area contributed by atoms with Gasteiger partial charge in [-0.1, -0.05) is 35.1 Å². The van der Waals surface area contributed by atoms with E-state index in [2.05, 4.69) is 37.0 Å². The van der Waals surface area contributed by atoms with Crippen LogP contribution in [0, 0.1) is 0 Å². The first-order valence-corrected chi connectivity index (χ1v) is 5.43. The summed E-state index contributed by atoms with van der Waals surface area (Å²) in [7, 11) is 0.881. The predicted octanol–water partition coefficient (Wildman–Crippen LogP) is 2.81. The van der Waals surface area contributed by atoms with Crippen LogP contribution in [0.1, 0.15) is 35.1 Å². The maximum atomic E-state index is 2.47. The number of hydrogen-bond donors (Lipinski definition) is 0. The SMILES string of the molecule is C.CCN(CC)PN(CC)CC. The van der Waals surface area contributed by atoms with E-state index in [1.165, 1.54) is 26.2 Å². The van der Waals surface area contributed by atoms with Crippen molar-refractivity contribution in [3.05, 3.63) is 0 Å². The highest BCUT2D eigenvalue weighted by atomic mass is 31.1. The minimum absolute atomic E-state index is 0. The average Bonchev–Trinajstić information content (AvgIpc) is 2.07. The summed E-state index contributed by atoms with van der Waals surface area (Å²) in [6, 6.07) is 0. The molecule has 0 aliphatic carbocycles. The molecule has 0 atom stereocenters. The zero-order valence-electron chi connectivity index (χ0n) is 8.22. The molecule has 0 unspecified atom stereocenters. The van der Waals surface area contributed by atoms with E-state index in [0.29, 0.717) is 0 Å². The minimum atomic E-state index is 0. The van der Waals surface area contributed by atoms with Gasteiger partial charge in [-0.05, 0) is 0 Å². The van der Waals surface area contributed by atoms with E-state index in [1.54, 1.807) is 0 Å². The van der Waals surface area contributed by atoms with Crippen molar-refractivity contribution in [2.45, 2.75) is 35.1 Å². The van der Waals surface area contributed by atoms with Crippen LogP contribution >= 0.6 is 8.88 Å². The topological polar surface area (TPSA) is 6.48 Å². The third-order valence-corrected chi connectivity index (χ3v) is 3.64. The molecule has 0 spiro atoms. The lowest BCUT2D eigenvalue weighted by atomic mass is 10.7. The van der Waals surface area contributed by atoms with Crippen LogP contribution in [0.5, 0.6) is 0 Å². The molecule has 76 valence electrons. The van der Waals surface area contributed by atoms with Crippen LogP contribution in [-0.4, -0.2) is 35.5 Å². The standard InChI is InChI=1S/C8H21N2P.CH4/c1-5-9(6-2)11-10(7-3)8-4;/h11H,5-8H2,1-4H3;1H4. The Kier molecular flexibility index (Phi) is 11.7. The third-order valence-electron chi connectivity index (χ3n) is 1.81. The highest BCUT2D eigenvalue weighted by Crippen LogP contribution is 2.21. The largest absolute Gasteiger partial charge is 0.273 e. The summed E-state index contributed by atoms with van der Waals surface area (Å²) in [5.74, 6) is 0. The Morgan fingerprint density at radius 3 is 1.17 bits per heavy atom. The predicted molar refractivity (Wildman–Crippen MR) is 60.9 cm³/mol. The Bertz CT molecular complexity index is 70.6. The molecule has 0 fully saturated rings. The van der Waals surface area contributed by atoms with Crippen molar-refractivity contribution in [2.75, 3.05) is 26.2 Å². The maximum absolute atomic E-state index is 2.47. The molecule has 0 saturated carbocycles. The Morgan fingerprint density at radius 1 is 0.750 bits per heavy atom. The van der Waals surface area contributed by atoms with Gasteiger partial charge >= 0.3 is 0 Å².